The van der Waals surface area contributed by atoms with Gasteiger partial charge in [-0.3, -0.25) is 0 Å². The molecule has 0 amide bonds. The van der Waals surface area contributed by atoms with Crippen LogP contribution < -0.4 is 0 Å². The zero-order chi connectivity index (χ0) is 12.1. The Hall–Kier alpha value is -1.86. The van der Waals surface area contributed by atoms with E-state index in [1.165, 1.54) is 12.1 Å². The number of benzene rings is 1. The van der Waals surface area contributed by atoms with Crippen LogP contribution in [-0.2, 0) is 0 Å². The Balaban J connectivity index is 3.19. The molecule has 16 heavy (non-hydrogen) atoms. The molecule has 1 rings (SSSR count). The third-order valence-electron chi connectivity index (χ3n) is 1.78. The highest BCUT2D eigenvalue weighted by molar-refractivity contribution is 14.1. The third kappa shape index (κ3) is 2.81. The van der Waals surface area contributed by atoms with Crippen molar-refractivity contribution in [3.8, 4) is 12.1 Å². The van der Waals surface area contributed by atoms with Crippen LogP contribution in [0.25, 0.3) is 6.08 Å². The van der Waals surface area contributed by atoms with Crippen molar-refractivity contribution in [1.82, 2.24) is 0 Å². The lowest BCUT2D eigenvalue weighted by Gasteiger charge is -2.00. The maximum absolute atomic E-state index is 10.7. The highest BCUT2D eigenvalue weighted by Crippen LogP contribution is 2.16. The molecule has 0 aliphatic rings. The van der Waals surface area contributed by atoms with Gasteiger partial charge in [0, 0.05) is 3.57 Å². The minimum atomic E-state index is -0.999. The molecule has 4 nitrogen and oxygen atoms in total. The Kier molecular flexibility index (Phi) is 4.03. The molecule has 0 spiro atoms. The fourth-order valence-corrected chi connectivity index (χ4v) is 1.82. The van der Waals surface area contributed by atoms with Crippen LogP contribution in [0.1, 0.15) is 15.9 Å². The number of carboxylic acid groups (broad SMARTS) is 1. The molecule has 1 aromatic rings. The van der Waals surface area contributed by atoms with E-state index in [9.17, 15) is 4.79 Å². The second kappa shape index (κ2) is 5.29. The third-order valence-corrected chi connectivity index (χ3v) is 2.67. The molecule has 5 heteroatoms. The summed E-state index contributed by atoms with van der Waals surface area (Å²) in [5, 5.41) is 25.9. The summed E-state index contributed by atoms with van der Waals surface area (Å²) in [7, 11) is 0. The first-order chi connectivity index (χ1) is 7.58. The average molecular weight is 324 g/mol. The lowest BCUT2D eigenvalue weighted by Crippen LogP contribution is -1.99. The number of halogens is 1. The Morgan fingerprint density at radius 2 is 2.00 bits per heavy atom. The number of allylic oxidation sites excluding steroid dienone is 1. The van der Waals surface area contributed by atoms with Crippen LogP contribution in [0, 0.1) is 26.2 Å². The fourth-order valence-electron chi connectivity index (χ4n) is 1.05. The van der Waals surface area contributed by atoms with Gasteiger partial charge in [0.1, 0.15) is 17.7 Å². The molecule has 0 heterocycles. The molecule has 0 saturated heterocycles. The quantitative estimate of drug-likeness (QED) is 0.669. The van der Waals surface area contributed by atoms with Gasteiger partial charge in [-0.05, 0) is 46.4 Å². The van der Waals surface area contributed by atoms with Gasteiger partial charge in [0.2, 0.25) is 0 Å². The van der Waals surface area contributed by atoms with E-state index >= 15 is 0 Å². The van der Waals surface area contributed by atoms with Crippen LogP contribution in [0.3, 0.4) is 0 Å². The van der Waals surface area contributed by atoms with E-state index in [0.29, 0.717) is 9.13 Å². The van der Waals surface area contributed by atoms with Gasteiger partial charge in [-0.25, -0.2) is 4.79 Å². The molecule has 0 atom stereocenters. The molecule has 0 aromatic heterocycles. The van der Waals surface area contributed by atoms with Gasteiger partial charge >= 0.3 is 5.97 Å². The maximum Gasteiger partial charge on any atom is 0.336 e. The lowest BCUT2D eigenvalue weighted by molar-refractivity contribution is 0.0695. The molecule has 0 saturated carbocycles. The summed E-state index contributed by atoms with van der Waals surface area (Å²) >= 11 is 1.90. The normalized spacial score (nSPS) is 8.69. The van der Waals surface area contributed by atoms with Crippen molar-refractivity contribution in [2.24, 2.45) is 0 Å². The van der Waals surface area contributed by atoms with Crippen molar-refractivity contribution in [1.29, 1.82) is 10.5 Å². The monoisotopic (exact) mass is 324 g/mol. The van der Waals surface area contributed by atoms with Crippen molar-refractivity contribution in [2.75, 3.05) is 0 Å². The first-order valence-electron chi connectivity index (χ1n) is 4.13. The molecule has 0 fully saturated rings. The van der Waals surface area contributed by atoms with Gasteiger partial charge < -0.3 is 5.11 Å². The van der Waals surface area contributed by atoms with Crippen LogP contribution in [0.2, 0.25) is 0 Å². The number of rotatable bonds is 2. The van der Waals surface area contributed by atoms with E-state index in [0.717, 1.165) is 0 Å². The molecule has 0 radical (unpaired) electrons. The van der Waals surface area contributed by atoms with Crippen LogP contribution >= 0.6 is 22.6 Å². The number of carbonyl (C=O) groups is 1. The predicted molar refractivity (Wildman–Crippen MR) is 65.3 cm³/mol. The molecule has 1 N–H and O–H groups in total. The van der Waals surface area contributed by atoms with Crippen molar-refractivity contribution in [3.63, 3.8) is 0 Å². The van der Waals surface area contributed by atoms with E-state index in [-0.39, 0.29) is 11.1 Å². The zero-order valence-corrected chi connectivity index (χ0v) is 10.1. The van der Waals surface area contributed by atoms with E-state index < -0.39 is 5.97 Å². The summed E-state index contributed by atoms with van der Waals surface area (Å²) in [5.74, 6) is -0.999. The highest BCUT2D eigenvalue weighted by atomic mass is 127. The number of hydrogen-bond donors (Lipinski definition) is 1. The molecule has 1 aromatic carbocycles. The summed E-state index contributed by atoms with van der Waals surface area (Å²) in [6, 6.07) is 8.09. The zero-order valence-electron chi connectivity index (χ0n) is 7.94. The van der Waals surface area contributed by atoms with Gasteiger partial charge in [-0.15, -0.1) is 0 Å². The largest absolute Gasteiger partial charge is 0.478 e. The summed E-state index contributed by atoms with van der Waals surface area (Å²) in [6.45, 7) is 0. The average Bonchev–Trinajstić information content (AvgIpc) is 2.25. The second-order valence-corrected chi connectivity index (χ2v) is 3.99. The Morgan fingerprint density at radius 1 is 1.38 bits per heavy atom. The number of carboxylic acids is 1. The predicted octanol–water partition coefficient (Wildman–Crippen LogP) is 2.42. The van der Waals surface area contributed by atoms with Crippen molar-refractivity contribution in [2.45, 2.75) is 0 Å². The molecule has 78 valence electrons. The van der Waals surface area contributed by atoms with E-state index in [1.54, 1.807) is 24.3 Å². The van der Waals surface area contributed by atoms with Crippen molar-refractivity contribution >= 4 is 34.6 Å². The summed E-state index contributed by atoms with van der Waals surface area (Å²) in [4.78, 5) is 10.7. The SMILES string of the molecule is N#CC(C#N)=Cc1ccc(C(=O)O)c(I)c1. The first-order valence-corrected chi connectivity index (χ1v) is 5.21. The summed E-state index contributed by atoms with van der Waals surface area (Å²) in [6.07, 6.45) is 1.41. The Morgan fingerprint density at radius 3 is 2.44 bits per heavy atom. The number of nitriles is 2. The minimum Gasteiger partial charge on any atom is -0.478 e. The van der Waals surface area contributed by atoms with Crippen LogP contribution in [-0.4, -0.2) is 11.1 Å². The molecule has 0 aliphatic carbocycles. The van der Waals surface area contributed by atoms with Crippen molar-refractivity contribution < 1.29 is 9.90 Å². The van der Waals surface area contributed by atoms with Crippen LogP contribution in [0.5, 0.6) is 0 Å². The van der Waals surface area contributed by atoms with Gasteiger partial charge in [0.05, 0.1) is 5.56 Å². The number of nitrogens with zero attached hydrogens (tertiary/aromatic N) is 2. The van der Waals surface area contributed by atoms with Gasteiger partial charge in [-0.2, -0.15) is 10.5 Å². The van der Waals surface area contributed by atoms with Crippen LogP contribution in [0.15, 0.2) is 23.8 Å². The molecular weight excluding hydrogens is 319 g/mol. The fraction of sp³-hybridized carbons (Fsp3) is 0. The first kappa shape index (κ1) is 12.2. The minimum absolute atomic E-state index is 0.0149. The smallest absolute Gasteiger partial charge is 0.336 e. The number of hydrogen-bond acceptors (Lipinski definition) is 3. The number of aromatic carboxylic acids is 1. The van der Waals surface area contributed by atoms with Gasteiger partial charge in [0.25, 0.3) is 0 Å². The highest BCUT2D eigenvalue weighted by Gasteiger charge is 2.07. The molecule has 0 aliphatic heterocycles. The Bertz CT molecular complexity index is 534. The van der Waals surface area contributed by atoms with E-state index in [1.807, 2.05) is 22.6 Å². The van der Waals surface area contributed by atoms with E-state index in [4.69, 9.17) is 15.6 Å². The molecule has 0 bridgehead atoms. The molecular formula is C11H5IN2O2. The second-order valence-electron chi connectivity index (χ2n) is 2.83. The summed E-state index contributed by atoms with van der Waals surface area (Å²) < 4.78 is 0.564. The lowest BCUT2D eigenvalue weighted by atomic mass is 10.1. The Labute approximate surface area is 106 Å². The van der Waals surface area contributed by atoms with E-state index in [2.05, 4.69) is 0 Å². The standard InChI is InChI=1S/C11H5IN2O2/c12-10-4-7(3-8(5-13)6-14)1-2-9(10)11(15)16/h1-4H,(H,15,16). The van der Waals surface area contributed by atoms with Gasteiger partial charge in [-0.1, -0.05) is 6.07 Å². The van der Waals surface area contributed by atoms with Crippen LogP contribution in [0.4, 0.5) is 0 Å². The summed E-state index contributed by atoms with van der Waals surface area (Å²) in [5.41, 5.74) is 0.819. The molecule has 0 unspecified atom stereocenters. The maximum atomic E-state index is 10.7. The van der Waals surface area contributed by atoms with Gasteiger partial charge in [0.15, 0.2) is 0 Å². The van der Waals surface area contributed by atoms with Crippen molar-refractivity contribution in [3.05, 3.63) is 38.5 Å². The topological polar surface area (TPSA) is 84.9 Å².